The summed E-state index contributed by atoms with van der Waals surface area (Å²) in [6.45, 7) is 4.57. The number of benzene rings is 2. The maximum absolute atomic E-state index is 12.6. The van der Waals surface area contributed by atoms with Crippen molar-refractivity contribution in [3.63, 3.8) is 0 Å². The fraction of sp³-hybridized carbons (Fsp3) is 0.273. The smallest absolute Gasteiger partial charge is 0.229 e. The summed E-state index contributed by atoms with van der Waals surface area (Å²) in [7, 11) is 3.16. The predicted molar refractivity (Wildman–Crippen MR) is 109 cm³/mol. The predicted octanol–water partition coefficient (Wildman–Crippen LogP) is 3.75. The molecule has 146 valence electrons. The lowest BCUT2D eigenvalue weighted by Crippen LogP contribution is -2.18. The second-order valence-corrected chi connectivity index (χ2v) is 6.73. The first-order chi connectivity index (χ1) is 13.5. The Hall–Kier alpha value is -3.28. The highest BCUT2D eigenvalue weighted by atomic mass is 16.5. The molecule has 6 heteroatoms. The quantitative estimate of drug-likeness (QED) is 0.679. The van der Waals surface area contributed by atoms with E-state index >= 15 is 0 Å². The zero-order valence-electron chi connectivity index (χ0n) is 16.7. The monoisotopic (exact) mass is 379 g/mol. The van der Waals surface area contributed by atoms with Crippen LogP contribution in [0, 0.1) is 13.8 Å². The number of carbonyl (C=O) groups excluding carboxylic acids is 1. The van der Waals surface area contributed by atoms with E-state index < -0.39 is 0 Å². The van der Waals surface area contributed by atoms with E-state index in [0.717, 1.165) is 16.8 Å². The van der Waals surface area contributed by atoms with Crippen molar-refractivity contribution in [3.8, 4) is 11.5 Å². The summed E-state index contributed by atoms with van der Waals surface area (Å²) in [5.74, 6) is 1.81. The molecule has 28 heavy (non-hydrogen) atoms. The van der Waals surface area contributed by atoms with Crippen LogP contribution in [0.15, 0.2) is 48.5 Å². The number of hydrogen-bond donors (Lipinski definition) is 1. The van der Waals surface area contributed by atoms with Crippen molar-refractivity contribution >= 4 is 11.7 Å². The first kappa shape index (κ1) is 19.5. The second-order valence-electron chi connectivity index (χ2n) is 6.73. The molecule has 6 nitrogen and oxygen atoms in total. The van der Waals surface area contributed by atoms with Crippen LogP contribution in [-0.4, -0.2) is 29.9 Å². The van der Waals surface area contributed by atoms with Gasteiger partial charge in [0, 0.05) is 6.07 Å². The zero-order chi connectivity index (χ0) is 20.1. The molecule has 0 spiro atoms. The molecule has 0 atom stereocenters. The van der Waals surface area contributed by atoms with E-state index in [1.807, 2.05) is 35.9 Å². The summed E-state index contributed by atoms with van der Waals surface area (Å²) < 4.78 is 12.4. The molecule has 0 aliphatic rings. The maximum atomic E-state index is 12.6. The Morgan fingerprint density at radius 2 is 1.79 bits per heavy atom. The SMILES string of the molecule is COc1ccc(CC(=O)Nc2cc(C)nn2Cc2cccc(C)c2)cc1OC. The van der Waals surface area contributed by atoms with Crippen LogP contribution in [0.3, 0.4) is 0 Å². The van der Waals surface area contributed by atoms with Crippen molar-refractivity contribution in [2.45, 2.75) is 26.8 Å². The van der Waals surface area contributed by atoms with Gasteiger partial charge in [-0.3, -0.25) is 4.79 Å². The molecule has 3 aromatic rings. The highest BCUT2D eigenvalue weighted by molar-refractivity contribution is 5.91. The third kappa shape index (κ3) is 4.71. The van der Waals surface area contributed by atoms with Crippen molar-refractivity contribution in [2.75, 3.05) is 19.5 Å². The highest BCUT2D eigenvalue weighted by Crippen LogP contribution is 2.27. The van der Waals surface area contributed by atoms with Gasteiger partial charge < -0.3 is 14.8 Å². The lowest BCUT2D eigenvalue weighted by atomic mass is 10.1. The first-order valence-electron chi connectivity index (χ1n) is 9.09. The van der Waals surface area contributed by atoms with Gasteiger partial charge in [-0.25, -0.2) is 4.68 Å². The van der Waals surface area contributed by atoms with Crippen molar-refractivity contribution in [1.29, 1.82) is 0 Å². The zero-order valence-corrected chi connectivity index (χ0v) is 16.7. The number of nitrogens with one attached hydrogen (secondary N) is 1. The third-order valence-electron chi connectivity index (χ3n) is 4.40. The summed E-state index contributed by atoms with van der Waals surface area (Å²) in [5, 5.41) is 7.48. The molecular weight excluding hydrogens is 354 g/mol. The van der Waals surface area contributed by atoms with Gasteiger partial charge >= 0.3 is 0 Å². The van der Waals surface area contributed by atoms with Crippen molar-refractivity contribution in [1.82, 2.24) is 9.78 Å². The molecule has 0 saturated carbocycles. The van der Waals surface area contributed by atoms with E-state index in [-0.39, 0.29) is 12.3 Å². The number of hydrogen-bond acceptors (Lipinski definition) is 4. The van der Waals surface area contributed by atoms with E-state index in [1.54, 1.807) is 20.3 Å². The van der Waals surface area contributed by atoms with E-state index in [1.165, 1.54) is 5.56 Å². The average Bonchev–Trinajstić information content (AvgIpc) is 3.00. The normalized spacial score (nSPS) is 10.6. The number of rotatable bonds is 7. The molecule has 0 aliphatic heterocycles. The van der Waals surface area contributed by atoms with E-state index in [4.69, 9.17) is 9.47 Å². The summed E-state index contributed by atoms with van der Waals surface area (Å²) in [6.07, 6.45) is 0.231. The van der Waals surface area contributed by atoms with Gasteiger partial charge in [-0.15, -0.1) is 0 Å². The Kier molecular flexibility index (Phi) is 5.99. The number of nitrogens with zero attached hydrogens (tertiary/aromatic N) is 2. The Morgan fingerprint density at radius 3 is 2.50 bits per heavy atom. The van der Waals surface area contributed by atoms with Gasteiger partial charge in [-0.05, 0) is 37.1 Å². The third-order valence-corrected chi connectivity index (χ3v) is 4.40. The molecule has 0 fully saturated rings. The number of ether oxygens (including phenoxy) is 2. The van der Waals surface area contributed by atoms with Gasteiger partial charge in [-0.1, -0.05) is 35.9 Å². The molecule has 0 unspecified atom stereocenters. The van der Waals surface area contributed by atoms with Crippen LogP contribution in [0.25, 0.3) is 0 Å². The topological polar surface area (TPSA) is 65.4 Å². The van der Waals surface area contributed by atoms with Gasteiger partial charge in [0.25, 0.3) is 0 Å². The number of anilines is 1. The Morgan fingerprint density at radius 1 is 1.00 bits per heavy atom. The largest absolute Gasteiger partial charge is 0.493 e. The van der Waals surface area contributed by atoms with Crippen LogP contribution in [0.1, 0.15) is 22.4 Å². The second kappa shape index (κ2) is 8.61. The molecule has 3 rings (SSSR count). The number of aryl methyl sites for hydroxylation is 2. The minimum absolute atomic E-state index is 0.113. The van der Waals surface area contributed by atoms with Crippen molar-refractivity contribution in [2.24, 2.45) is 0 Å². The standard InChI is InChI=1S/C22H25N3O3/c1-15-6-5-7-18(10-15)14-25-21(11-16(2)24-25)23-22(26)13-17-8-9-19(27-3)20(12-17)28-4/h5-12H,13-14H2,1-4H3,(H,23,26). The fourth-order valence-electron chi connectivity index (χ4n) is 3.11. The molecular formula is C22H25N3O3. The van der Waals surface area contributed by atoms with Crippen molar-refractivity contribution < 1.29 is 14.3 Å². The molecule has 0 aliphatic carbocycles. The average molecular weight is 379 g/mol. The summed E-state index contributed by atoms with van der Waals surface area (Å²) in [5.41, 5.74) is 4.03. The van der Waals surface area contributed by atoms with Crippen LogP contribution < -0.4 is 14.8 Å². The number of aromatic nitrogens is 2. The van der Waals surface area contributed by atoms with Gasteiger partial charge in [-0.2, -0.15) is 5.10 Å². The Bertz CT molecular complexity index is 979. The molecule has 1 heterocycles. The van der Waals surface area contributed by atoms with Crippen LogP contribution in [-0.2, 0) is 17.8 Å². The van der Waals surface area contributed by atoms with Gasteiger partial charge in [0.05, 0.1) is 32.9 Å². The summed E-state index contributed by atoms with van der Waals surface area (Å²) >= 11 is 0. The van der Waals surface area contributed by atoms with Crippen LogP contribution in [0.4, 0.5) is 5.82 Å². The fourth-order valence-corrected chi connectivity index (χ4v) is 3.11. The number of methoxy groups -OCH3 is 2. The highest BCUT2D eigenvalue weighted by Gasteiger charge is 2.12. The Labute approximate surface area is 165 Å². The maximum Gasteiger partial charge on any atom is 0.229 e. The molecule has 1 N–H and O–H groups in total. The Balaban J connectivity index is 1.72. The van der Waals surface area contributed by atoms with Crippen LogP contribution in [0.5, 0.6) is 11.5 Å². The number of amides is 1. The lowest BCUT2D eigenvalue weighted by molar-refractivity contribution is -0.115. The van der Waals surface area contributed by atoms with Crippen molar-refractivity contribution in [3.05, 3.63) is 70.9 Å². The van der Waals surface area contributed by atoms with E-state index in [0.29, 0.717) is 23.9 Å². The lowest BCUT2D eigenvalue weighted by Gasteiger charge is -2.11. The molecule has 2 aromatic carbocycles. The van der Waals surface area contributed by atoms with E-state index in [9.17, 15) is 4.79 Å². The number of carbonyl (C=O) groups is 1. The molecule has 1 aromatic heterocycles. The van der Waals surface area contributed by atoms with Gasteiger partial charge in [0.2, 0.25) is 5.91 Å². The minimum Gasteiger partial charge on any atom is -0.493 e. The molecule has 1 amide bonds. The van der Waals surface area contributed by atoms with Crippen LogP contribution in [0.2, 0.25) is 0 Å². The first-order valence-corrected chi connectivity index (χ1v) is 9.09. The molecule has 0 radical (unpaired) electrons. The van der Waals surface area contributed by atoms with E-state index in [2.05, 4.69) is 35.5 Å². The van der Waals surface area contributed by atoms with Crippen LogP contribution >= 0.6 is 0 Å². The molecule has 0 saturated heterocycles. The van der Waals surface area contributed by atoms with Gasteiger partial charge in [0.15, 0.2) is 11.5 Å². The summed E-state index contributed by atoms with van der Waals surface area (Å²) in [4.78, 5) is 12.6. The summed E-state index contributed by atoms with van der Waals surface area (Å²) in [6, 6.07) is 15.6. The molecule has 0 bridgehead atoms. The minimum atomic E-state index is -0.113. The van der Waals surface area contributed by atoms with Gasteiger partial charge in [0.1, 0.15) is 5.82 Å².